The molecule has 2 heteroatoms. The molecule has 1 N–H and O–H groups in total. The number of rotatable bonds is 0. The Kier molecular flexibility index (Phi) is 2.87. The number of hydrogen-bond donors (Lipinski definition) is 1. The Morgan fingerprint density at radius 3 is 2.60 bits per heavy atom. The lowest BCUT2D eigenvalue weighted by molar-refractivity contribution is 0.191. The number of hydrogen-bond acceptors (Lipinski definition) is 2. The Bertz CT molecular complexity index is 542. The third kappa shape index (κ3) is 1.54. The van der Waals surface area contributed by atoms with E-state index in [0.717, 1.165) is 12.1 Å². The minimum absolute atomic E-state index is 0.271. The third-order valence-corrected chi connectivity index (χ3v) is 6.10. The zero-order valence-corrected chi connectivity index (χ0v) is 12.0. The molecule has 0 saturated heterocycles. The van der Waals surface area contributed by atoms with Crippen molar-refractivity contribution in [3.05, 3.63) is 35.4 Å². The van der Waals surface area contributed by atoms with Crippen LogP contribution in [0, 0.1) is 5.92 Å². The maximum absolute atomic E-state index is 9.62. The zero-order valence-electron chi connectivity index (χ0n) is 12.0. The fourth-order valence-corrected chi connectivity index (χ4v) is 5.32. The molecule has 2 atom stereocenters. The van der Waals surface area contributed by atoms with Crippen LogP contribution in [0.3, 0.4) is 0 Å². The molecule has 2 bridgehead atoms. The largest absolute Gasteiger partial charge is 0.411 e. The highest BCUT2D eigenvalue weighted by molar-refractivity contribution is 5.96. The minimum atomic E-state index is 0.271. The summed E-state index contributed by atoms with van der Waals surface area (Å²) in [5.74, 6) is 0.865. The lowest BCUT2D eigenvalue weighted by atomic mass is 9.51. The van der Waals surface area contributed by atoms with Gasteiger partial charge in [0.25, 0.3) is 0 Å². The van der Waals surface area contributed by atoms with E-state index >= 15 is 0 Å². The molecular weight excluding hydrogens is 246 g/mol. The summed E-state index contributed by atoms with van der Waals surface area (Å²) in [4.78, 5) is 0. The topological polar surface area (TPSA) is 32.6 Å². The fourth-order valence-electron chi connectivity index (χ4n) is 5.32. The summed E-state index contributed by atoms with van der Waals surface area (Å²) in [6.07, 6.45) is 10.2. The van der Waals surface area contributed by atoms with Gasteiger partial charge in [0.1, 0.15) is 0 Å². The number of fused-ring (bicyclic) bond motifs is 6. The predicted molar refractivity (Wildman–Crippen MR) is 80.5 cm³/mol. The van der Waals surface area contributed by atoms with Gasteiger partial charge in [0, 0.05) is 17.3 Å². The standard InChI is InChI=1S/C18H23NO/c20-19-17-14-8-6-10-16(17)18(11-4-1-5-12-18)15-9-3-2-7-13(14)15/h2-3,7,9,14,16,20H,1,4-6,8,10-12H2/b19-17+. The van der Waals surface area contributed by atoms with E-state index in [-0.39, 0.29) is 5.41 Å². The molecule has 4 rings (SSSR count). The Balaban J connectivity index is 1.95. The van der Waals surface area contributed by atoms with Crippen molar-refractivity contribution in [2.75, 3.05) is 0 Å². The molecule has 2 unspecified atom stereocenters. The van der Waals surface area contributed by atoms with Crippen molar-refractivity contribution in [3.63, 3.8) is 0 Å². The van der Waals surface area contributed by atoms with Crippen molar-refractivity contribution in [3.8, 4) is 0 Å². The van der Waals surface area contributed by atoms with Gasteiger partial charge in [0.05, 0.1) is 5.71 Å². The molecule has 2 fully saturated rings. The van der Waals surface area contributed by atoms with Gasteiger partial charge in [0.15, 0.2) is 0 Å². The highest BCUT2D eigenvalue weighted by Gasteiger charge is 2.52. The van der Waals surface area contributed by atoms with Crippen LogP contribution in [-0.4, -0.2) is 10.9 Å². The van der Waals surface area contributed by atoms with Crippen molar-refractivity contribution in [1.82, 2.24) is 0 Å². The predicted octanol–water partition coefficient (Wildman–Crippen LogP) is 4.62. The molecular formula is C18H23NO. The number of oxime groups is 1. The lowest BCUT2D eigenvalue weighted by Crippen LogP contribution is -2.49. The van der Waals surface area contributed by atoms with Crippen LogP contribution in [0.4, 0.5) is 0 Å². The maximum atomic E-state index is 9.62. The molecule has 0 amide bonds. The van der Waals surface area contributed by atoms with Crippen LogP contribution in [0.15, 0.2) is 29.4 Å². The fraction of sp³-hybridized carbons (Fsp3) is 0.611. The van der Waals surface area contributed by atoms with E-state index in [1.54, 1.807) is 5.56 Å². The van der Waals surface area contributed by atoms with Gasteiger partial charge >= 0.3 is 0 Å². The first kappa shape index (κ1) is 12.4. The summed E-state index contributed by atoms with van der Waals surface area (Å²) in [6.45, 7) is 0. The van der Waals surface area contributed by atoms with Gasteiger partial charge < -0.3 is 5.21 Å². The molecule has 1 spiro atoms. The van der Waals surface area contributed by atoms with Crippen molar-refractivity contribution in [2.24, 2.45) is 11.1 Å². The molecule has 3 aliphatic carbocycles. The van der Waals surface area contributed by atoms with Gasteiger partial charge in [-0.3, -0.25) is 0 Å². The SMILES string of the molecule is O/N=C1\C2CCCC1C1(CCCCC1)c1ccccc12. The molecule has 0 heterocycles. The summed E-state index contributed by atoms with van der Waals surface area (Å²) in [5, 5.41) is 13.4. The normalized spacial score (nSPS) is 33.1. The quantitative estimate of drug-likeness (QED) is 0.541. The van der Waals surface area contributed by atoms with E-state index in [0.29, 0.717) is 11.8 Å². The molecule has 0 radical (unpaired) electrons. The summed E-state index contributed by atoms with van der Waals surface area (Å²) in [5.41, 5.74) is 4.41. The average Bonchev–Trinajstić information content (AvgIpc) is 2.54. The van der Waals surface area contributed by atoms with E-state index in [2.05, 4.69) is 29.4 Å². The molecule has 20 heavy (non-hydrogen) atoms. The van der Waals surface area contributed by atoms with Gasteiger partial charge in [-0.1, -0.05) is 55.1 Å². The third-order valence-electron chi connectivity index (χ3n) is 6.10. The summed E-state index contributed by atoms with van der Waals surface area (Å²) in [7, 11) is 0. The summed E-state index contributed by atoms with van der Waals surface area (Å²) >= 11 is 0. The molecule has 0 aliphatic heterocycles. The van der Waals surface area contributed by atoms with Crippen LogP contribution >= 0.6 is 0 Å². The maximum Gasteiger partial charge on any atom is 0.0685 e. The molecule has 106 valence electrons. The average molecular weight is 269 g/mol. The van der Waals surface area contributed by atoms with Crippen LogP contribution in [0.5, 0.6) is 0 Å². The van der Waals surface area contributed by atoms with E-state index in [1.165, 1.54) is 50.5 Å². The van der Waals surface area contributed by atoms with E-state index < -0.39 is 0 Å². The monoisotopic (exact) mass is 269 g/mol. The molecule has 1 aromatic rings. The second-order valence-electron chi connectivity index (χ2n) is 6.86. The van der Waals surface area contributed by atoms with Crippen molar-refractivity contribution >= 4 is 5.71 Å². The first-order valence-corrected chi connectivity index (χ1v) is 8.18. The van der Waals surface area contributed by atoms with Crippen molar-refractivity contribution in [2.45, 2.75) is 62.7 Å². The van der Waals surface area contributed by atoms with Gasteiger partial charge in [-0.05, 0) is 36.8 Å². The first-order chi connectivity index (χ1) is 9.87. The van der Waals surface area contributed by atoms with Crippen LogP contribution in [0.25, 0.3) is 0 Å². The Morgan fingerprint density at radius 2 is 1.80 bits per heavy atom. The molecule has 1 aromatic carbocycles. The molecule has 2 saturated carbocycles. The lowest BCUT2D eigenvalue weighted by Gasteiger charge is -2.52. The number of nitrogens with zero attached hydrogens (tertiary/aromatic N) is 1. The number of benzene rings is 1. The molecule has 0 aromatic heterocycles. The van der Waals surface area contributed by atoms with Crippen LogP contribution in [0.2, 0.25) is 0 Å². The highest BCUT2D eigenvalue weighted by Crippen LogP contribution is 2.56. The van der Waals surface area contributed by atoms with Gasteiger partial charge in [-0.15, -0.1) is 0 Å². The Labute approximate surface area is 120 Å². The van der Waals surface area contributed by atoms with Crippen molar-refractivity contribution < 1.29 is 5.21 Å². The van der Waals surface area contributed by atoms with Crippen molar-refractivity contribution in [1.29, 1.82) is 0 Å². The minimum Gasteiger partial charge on any atom is -0.411 e. The Morgan fingerprint density at radius 1 is 1.00 bits per heavy atom. The van der Waals surface area contributed by atoms with Crippen LogP contribution < -0.4 is 0 Å². The second kappa shape index (κ2) is 4.61. The molecule has 2 nitrogen and oxygen atoms in total. The van der Waals surface area contributed by atoms with E-state index in [4.69, 9.17) is 0 Å². The Hall–Kier alpha value is -1.31. The summed E-state index contributed by atoms with van der Waals surface area (Å²) < 4.78 is 0. The highest BCUT2D eigenvalue weighted by atomic mass is 16.4. The second-order valence-corrected chi connectivity index (χ2v) is 6.86. The van der Waals surface area contributed by atoms with Crippen LogP contribution in [-0.2, 0) is 5.41 Å². The van der Waals surface area contributed by atoms with E-state index in [9.17, 15) is 5.21 Å². The smallest absolute Gasteiger partial charge is 0.0685 e. The van der Waals surface area contributed by atoms with Gasteiger partial charge in [0.2, 0.25) is 0 Å². The molecule has 3 aliphatic rings. The summed E-state index contributed by atoms with van der Waals surface area (Å²) in [6, 6.07) is 8.99. The van der Waals surface area contributed by atoms with Gasteiger partial charge in [-0.25, -0.2) is 0 Å². The first-order valence-electron chi connectivity index (χ1n) is 8.18. The van der Waals surface area contributed by atoms with Gasteiger partial charge in [-0.2, -0.15) is 0 Å². The van der Waals surface area contributed by atoms with E-state index in [1.807, 2.05) is 0 Å². The zero-order chi connectivity index (χ0) is 13.6. The van der Waals surface area contributed by atoms with Crippen LogP contribution in [0.1, 0.15) is 68.4 Å².